The highest BCUT2D eigenvalue weighted by Crippen LogP contribution is 2.26. The van der Waals surface area contributed by atoms with Crippen LogP contribution in [0.1, 0.15) is 57.9 Å². The van der Waals surface area contributed by atoms with E-state index in [-0.39, 0.29) is 5.54 Å². The molecule has 1 nitrogen and oxygen atoms in total. The summed E-state index contributed by atoms with van der Waals surface area (Å²) in [5.74, 6) is 0. The minimum atomic E-state index is 0.0652. The molecule has 1 aliphatic rings. The third-order valence-electron chi connectivity index (χ3n) is 3.99. The fourth-order valence-corrected chi connectivity index (χ4v) is 3.15. The van der Waals surface area contributed by atoms with Crippen molar-refractivity contribution in [1.29, 1.82) is 0 Å². The maximum Gasteiger partial charge on any atom is 0.0379 e. The molecule has 0 amide bonds. The quantitative estimate of drug-likeness (QED) is 0.775. The second-order valence-electron chi connectivity index (χ2n) is 5.96. The average Bonchev–Trinajstić information content (AvgIpc) is 2.57. The molecule has 0 aliphatic heterocycles. The van der Waals surface area contributed by atoms with Crippen LogP contribution in [0.5, 0.6) is 0 Å². The summed E-state index contributed by atoms with van der Waals surface area (Å²) in [5.41, 5.74) is 1.44. The van der Waals surface area contributed by atoms with Crippen molar-refractivity contribution in [3.63, 3.8) is 0 Å². The highest BCUT2D eigenvalue weighted by atomic mass is 79.9. The Morgan fingerprint density at radius 3 is 2.11 bits per heavy atom. The minimum absolute atomic E-state index is 0.0652. The maximum absolute atomic E-state index is 3.86. The molecule has 1 aromatic carbocycles. The minimum Gasteiger partial charge on any atom is -0.305 e. The van der Waals surface area contributed by atoms with Gasteiger partial charge in [-0.2, -0.15) is 0 Å². The van der Waals surface area contributed by atoms with Crippen LogP contribution in [0, 0.1) is 0 Å². The summed E-state index contributed by atoms with van der Waals surface area (Å²) in [6.45, 7) is 4.59. The van der Waals surface area contributed by atoms with Crippen LogP contribution in [0.15, 0.2) is 28.7 Å². The van der Waals surface area contributed by atoms with Crippen molar-refractivity contribution < 1.29 is 0 Å². The molecule has 2 rings (SSSR count). The zero-order valence-corrected chi connectivity index (χ0v) is 13.1. The van der Waals surface area contributed by atoms with E-state index in [9.17, 15) is 0 Å². The zero-order valence-electron chi connectivity index (χ0n) is 11.5. The maximum atomic E-state index is 3.86. The van der Waals surface area contributed by atoms with E-state index in [2.05, 4.69) is 59.4 Å². The summed E-state index contributed by atoms with van der Waals surface area (Å²) < 4.78 is 1.15. The summed E-state index contributed by atoms with van der Waals surface area (Å²) in [4.78, 5) is 0. The predicted octanol–water partition coefficient (Wildman–Crippen LogP) is 5.00. The van der Waals surface area contributed by atoms with E-state index in [1.165, 1.54) is 44.1 Å². The molecule has 1 aliphatic carbocycles. The zero-order chi connectivity index (χ0) is 13.0. The molecule has 1 aromatic rings. The molecule has 2 heteroatoms. The molecule has 100 valence electrons. The molecular formula is C16H24BrN. The molecule has 0 saturated heterocycles. The fraction of sp³-hybridized carbons (Fsp3) is 0.625. The summed E-state index contributed by atoms with van der Waals surface area (Å²) in [7, 11) is 0. The average molecular weight is 310 g/mol. The van der Waals surface area contributed by atoms with Crippen molar-refractivity contribution >= 4 is 15.9 Å². The first-order chi connectivity index (χ1) is 8.58. The molecule has 0 bridgehead atoms. The van der Waals surface area contributed by atoms with Crippen molar-refractivity contribution in [2.24, 2.45) is 0 Å². The Balaban J connectivity index is 2.03. The van der Waals surface area contributed by atoms with Gasteiger partial charge in [-0.15, -0.1) is 0 Å². The van der Waals surface area contributed by atoms with Crippen molar-refractivity contribution in [2.75, 3.05) is 0 Å². The highest BCUT2D eigenvalue weighted by molar-refractivity contribution is 9.10. The van der Waals surface area contributed by atoms with Gasteiger partial charge in [-0.25, -0.2) is 0 Å². The summed E-state index contributed by atoms with van der Waals surface area (Å²) in [5, 5.41) is 3.86. The Labute approximate surface area is 119 Å². The van der Waals surface area contributed by atoms with Gasteiger partial charge in [0.2, 0.25) is 0 Å². The number of nitrogens with one attached hydrogen (secondary N) is 1. The first kappa shape index (κ1) is 14.1. The van der Waals surface area contributed by atoms with Crippen LogP contribution in [-0.2, 0) is 5.54 Å². The van der Waals surface area contributed by atoms with E-state index in [1.54, 1.807) is 0 Å². The monoisotopic (exact) mass is 309 g/mol. The van der Waals surface area contributed by atoms with Crippen LogP contribution < -0.4 is 5.32 Å². The third-order valence-corrected chi connectivity index (χ3v) is 4.51. The molecule has 1 saturated carbocycles. The Bertz CT molecular complexity index is 361. The molecular weight excluding hydrogens is 286 g/mol. The van der Waals surface area contributed by atoms with Gasteiger partial charge in [0, 0.05) is 16.1 Å². The van der Waals surface area contributed by atoms with Gasteiger partial charge < -0.3 is 5.32 Å². The van der Waals surface area contributed by atoms with E-state index in [0.29, 0.717) is 6.04 Å². The van der Waals surface area contributed by atoms with Crippen molar-refractivity contribution in [3.8, 4) is 0 Å². The Kier molecular flexibility index (Phi) is 4.85. The van der Waals surface area contributed by atoms with Crippen LogP contribution >= 0.6 is 15.9 Å². The van der Waals surface area contributed by atoms with Crippen molar-refractivity contribution in [1.82, 2.24) is 5.32 Å². The van der Waals surface area contributed by atoms with Crippen LogP contribution in [0.25, 0.3) is 0 Å². The molecule has 0 radical (unpaired) electrons. The van der Waals surface area contributed by atoms with E-state index < -0.39 is 0 Å². The summed E-state index contributed by atoms with van der Waals surface area (Å²) in [6, 6.07) is 9.38. The Hall–Kier alpha value is -0.340. The fourth-order valence-electron chi connectivity index (χ4n) is 2.88. The first-order valence-corrected chi connectivity index (χ1v) is 7.91. The third kappa shape index (κ3) is 3.83. The summed E-state index contributed by atoms with van der Waals surface area (Å²) >= 11 is 3.50. The van der Waals surface area contributed by atoms with E-state index in [1.807, 2.05) is 0 Å². The lowest BCUT2D eigenvalue weighted by Gasteiger charge is -2.32. The topological polar surface area (TPSA) is 12.0 Å². The van der Waals surface area contributed by atoms with Crippen LogP contribution in [0.3, 0.4) is 0 Å². The van der Waals surface area contributed by atoms with Gasteiger partial charge in [-0.05, 0) is 44.4 Å². The SMILES string of the molecule is CC(C)(NC1CCCCCC1)c1ccc(Br)cc1. The lowest BCUT2D eigenvalue weighted by atomic mass is 9.92. The van der Waals surface area contributed by atoms with Gasteiger partial charge in [0.1, 0.15) is 0 Å². The molecule has 0 atom stereocenters. The van der Waals surface area contributed by atoms with Gasteiger partial charge in [0.25, 0.3) is 0 Å². The number of benzene rings is 1. The van der Waals surface area contributed by atoms with Crippen molar-refractivity contribution in [2.45, 2.75) is 64.0 Å². The van der Waals surface area contributed by atoms with E-state index >= 15 is 0 Å². The number of hydrogen-bond donors (Lipinski definition) is 1. The molecule has 0 spiro atoms. The molecule has 1 fully saturated rings. The Morgan fingerprint density at radius 2 is 1.56 bits per heavy atom. The highest BCUT2D eigenvalue weighted by Gasteiger charge is 2.24. The lowest BCUT2D eigenvalue weighted by Crippen LogP contribution is -2.43. The van der Waals surface area contributed by atoms with Gasteiger partial charge in [0.15, 0.2) is 0 Å². The predicted molar refractivity (Wildman–Crippen MR) is 81.8 cm³/mol. The van der Waals surface area contributed by atoms with Gasteiger partial charge in [-0.1, -0.05) is 53.7 Å². The van der Waals surface area contributed by atoms with Crippen molar-refractivity contribution in [3.05, 3.63) is 34.3 Å². The Morgan fingerprint density at radius 1 is 1.00 bits per heavy atom. The summed E-state index contributed by atoms with van der Waals surface area (Å²) in [6.07, 6.45) is 8.26. The van der Waals surface area contributed by atoms with E-state index in [0.717, 1.165) is 4.47 Å². The van der Waals surface area contributed by atoms with Gasteiger partial charge >= 0.3 is 0 Å². The molecule has 0 unspecified atom stereocenters. The molecule has 0 aromatic heterocycles. The number of hydrogen-bond acceptors (Lipinski definition) is 1. The normalized spacial score (nSPS) is 18.6. The number of halogens is 1. The smallest absolute Gasteiger partial charge is 0.0379 e. The molecule has 0 heterocycles. The lowest BCUT2D eigenvalue weighted by molar-refractivity contribution is 0.318. The van der Waals surface area contributed by atoms with Crippen LogP contribution in [0.2, 0.25) is 0 Å². The molecule has 1 N–H and O–H groups in total. The molecule has 18 heavy (non-hydrogen) atoms. The standard InChI is InChI=1S/C16H24BrN/c1-16(2,13-9-11-14(17)12-10-13)18-15-7-5-3-4-6-8-15/h9-12,15,18H,3-8H2,1-2H3. The first-order valence-electron chi connectivity index (χ1n) is 7.12. The van der Waals surface area contributed by atoms with Crippen LogP contribution in [-0.4, -0.2) is 6.04 Å². The second-order valence-corrected chi connectivity index (χ2v) is 6.88. The van der Waals surface area contributed by atoms with E-state index in [4.69, 9.17) is 0 Å². The second kappa shape index (κ2) is 6.21. The number of rotatable bonds is 3. The van der Waals surface area contributed by atoms with Gasteiger partial charge in [0.05, 0.1) is 0 Å². The largest absolute Gasteiger partial charge is 0.305 e. The van der Waals surface area contributed by atoms with Gasteiger partial charge in [-0.3, -0.25) is 0 Å². The van der Waals surface area contributed by atoms with Crippen LogP contribution in [0.4, 0.5) is 0 Å².